The van der Waals surface area contributed by atoms with E-state index in [1.807, 2.05) is 24.3 Å². The standard InChI is InChI=1S/C25H27NO5/c1-16(2)11-14-30-18-8-5-7-17(15-18)22-21-23(28)19-9-3-4-10-20(19)31-24(21)25(29)26(22)12-6-13-27/h3-5,7-10,15-16,22,27H,6,11-14H2,1-2H3/t22-/m1/s1. The molecule has 4 rings (SSSR count). The zero-order valence-electron chi connectivity index (χ0n) is 17.8. The second-order valence-electron chi connectivity index (χ2n) is 8.25. The summed E-state index contributed by atoms with van der Waals surface area (Å²) in [6.45, 7) is 5.16. The van der Waals surface area contributed by atoms with Crippen LogP contribution in [-0.4, -0.2) is 35.7 Å². The van der Waals surface area contributed by atoms with Gasteiger partial charge in [-0.2, -0.15) is 0 Å². The third-order valence-electron chi connectivity index (χ3n) is 5.57. The summed E-state index contributed by atoms with van der Waals surface area (Å²) >= 11 is 0. The van der Waals surface area contributed by atoms with Crippen LogP contribution in [0.15, 0.2) is 57.7 Å². The number of benzene rings is 2. The van der Waals surface area contributed by atoms with E-state index in [1.165, 1.54) is 0 Å². The van der Waals surface area contributed by atoms with E-state index in [1.54, 1.807) is 29.2 Å². The predicted molar refractivity (Wildman–Crippen MR) is 118 cm³/mol. The first-order valence-corrected chi connectivity index (χ1v) is 10.7. The van der Waals surface area contributed by atoms with E-state index >= 15 is 0 Å². The molecule has 0 bridgehead atoms. The lowest BCUT2D eigenvalue weighted by Crippen LogP contribution is -2.31. The highest BCUT2D eigenvalue weighted by Crippen LogP contribution is 2.39. The molecule has 0 radical (unpaired) electrons. The van der Waals surface area contributed by atoms with Crippen LogP contribution in [0, 0.1) is 5.92 Å². The highest BCUT2D eigenvalue weighted by molar-refractivity contribution is 5.99. The Morgan fingerprint density at radius 3 is 2.71 bits per heavy atom. The van der Waals surface area contributed by atoms with Crippen LogP contribution in [0.1, 0.15) is 54.4 Å². The largest absolute Gasteiger partial charge is 0.494 e. The molecule has 2 heterocycles. The van der Waals surface area contributed by atoms with Crippen molar-refractivity contribution in [2.75, 3.05) is 19.8 Å². The van der Waals surface area contributed by atoms with Crippen LogP contribution in [0.3, 0.4) is 0 Å². The van der Waals surface area contributed by atoms with Gasteiger partial charge in [0.05, 0.1) is 23.6 Å². The number of ether oxygens (including phenoxy) is 1. The number of hydrogen-bond donors (Lipinski definition) is 1. The fraction of sp³-hybridized carbons (Fsp3) is 0.360. The SMILES string of the molecule is CC(C)CCOc1cccc([C@@H]2c3c(oc4ccccc4c3=O)C(=O)N2CCCO)c1. The normalized spacial score (nSPS) is 15.7. The van der Waals surface area contributed by atoms with Gasteiger partial charge in [0, 0.05) is 13.2 Å². The maximum absolute atomic E-state index is 13.4. The van der Waals surface area contributed by atoms with Crippen LogP contribution in [0.2, 0.25) is 0 Å². The summed E-state index contributed by atoms with van der Waals surface area (Å²) in [6, 6.07) is 13.9. The van der Waals surface area contributed by atoms with E-state index < -0.39 is 6.04 Å². The summed E-state index contributed by atoms with van der Waals surface area (Å²) < 4.78 is 11.8. The number of para-hydroxylation sites is 1. The lowest BCUT2D eigenvalue weighted by molar-refractivity contribution is 0.0716. The summed E-state index contributed by atoms with van der Waals surface area (Å²) in [7, 11) is 0. The topological polar surface area (TPSA) is 80.0 Å². The van der Waals surface area contributed by atoms with Gasteiger partial charge in [-0.15, -0.1) is 0 Å². The number of aliphatic hydroxyl groups is 1. The molecule has 1 atom stereocenters. The van der Waals surface area contributed by atoms with Crippen molar-refractivity contribution in [3.8, 4) is 5.75 Å². The van der Waals surface area contributed by atoms with Gasteiger partial charge in [0.25, 0.3) is 5.91 Å². The molecule has 0 saturated heterocycles. The molecule has 0 fully saturated rings. The molecule has 6 heteroatoms. The van der Waals surface area contributed by atoms with E-state index in [0.717, 1.165) is 12.0 Å². The van der Waals surface area contributed by atoms with E-state index in [-0.39, 0.29) is 23.7 Å². The number of rotatable bonds is 8. The number of nitrogens with zero attached hydrogens (tertiary/aromatic N) is 1. The second kappa shape index (κ2) is 8.94. The minimum atomic E-state index is -0.580. The molecule has 1 amide bonds. The Labute approximate surface area is 181 Å². The van der Waals surface area contributed by atoms with E-state index in [4.69, 9.17) is 9.15 Å². The number of fused-ring (bicyclic) bond motifs is 2. The van der Waals surface area contributed by atoms with Gasteiger partial charge in [-0.1, -0.05) is 38.1 Å². The fourth-order valence-electron chi connectivity index (χ4n) is 3.97. The number of hydrogen-bond acceptors (Lipinski definition) is 5. The van der Waals surface area contributed by atoms with Crippen LogP contribution in [0.5, 0.6) is 5.75 Å². The smallest absolute Gasteiger partial charge is 0.290 e. The van der Waals surface area contributed by atoms with E-state index in [9.17, 15) is 14.7 Å². The Kier molecular flexibility index (Phi) is 6.09. The Morgan fingerprint density at radius 2 is 1.94 bits per heavy atom. The summed E-state index contributed by atoms with van der Waals surface area (Å²) in [5.74, 6) is 0.987. The third-order valence-corrected chi connectivity index (χ3v) is 5.57. The quantitative estimate of drug-likeness (QED) is 0.591. The molecule has 6 nitrogen and oxygen atoms in total. The molecule has 0 spiro atoms. The number of aliphatic hydroxyl groups excluding tert-OH is 1. The monoisotopic (exact) mass is 421 g/mol. The molecule has 1 aliphatic heterocycles. The summed E-state index contributed by atoms with van der Waals surface area (Å²) in [4.78, 5) is 28.2. The Hall–Kier alpha value is -3.12. The van der Waals surface area contributed by atoms with Crippen molar-refractivity contribution in [3.05, 3.63) is 75.6 Å². The third kappa shape index (κ3) is 4.08. The minimum Gasteiger partial charge on any atom is -0.494 e. The zero-order chi connectivity index (χ0) is 22.0. The van der Waals surface area contributed by atoms with Crippen molar-refractivity contribution < 1.29 is 19.1 Å². The average molecular weight is 421 g/mol. The minimum absolute atomic E-state index is 0.0471. The van der Waals surface area contributed by atoms with Crippen molar-refractivity contribution >= 4 is 16.9 Å². The zero-order valence-corrected chi connectivity index (χ0v) is 17.8. The first-order chi connectivity index (χ1) is 15.0. The lowest BCUT2D eigenvalue weighted by Gasteiger charge is -2.25. The van der Waals surface area contributed by atoms with Gasteiger partial charge >= 0.3 is 0 Å². The van der Waals surface area contributed by atoms with Gasteiger partial charge in [0.2, 0.25) is 5.76 Å². The Morgan fingerprint density at radius 1 is 1.13 bits per heavy atom. The molecule has 31 heavy (non-hydrogen) atoms. The van der Waals surface area contributed by atoms with Crippen LogP contribution >= 0.6 is 0 Å². The van der Waals surface area contributed by atoms with Gasteiger partial charge in [0.15, 0.2) is 5.43 Å². The molecule has 162 valence electrons. The van der Waals surface area contributed by atoms with Crippen molar-refractivity contribution in [3.63, 3.8) is 0 Å². The molecule has 0 unspecified atom stereocenters. The number of amides is 1. The first-order valence-electron chi connectivity index (χ1n) is 10.7. The van der Waals surface area contributed by atoms with Crippen LogP contribution in [0.25, 0.3) is 11.0 Å². The molecular formula is C25H27NO5. The predicted octanol–water partition coefficient (Wildman–Crippen LogP) is 4.15. The van der Waals surface area contributed by atoms with Crippen molar-refractivity contribution in [2.45, 2.75) is 32.7 Å². The highest BCUT2D eigenvalue weighted by Gasteiger charge is 2.42. The molecular weight excluding hydrogens is 394 g/mol. The Bertz CT molecular complexity index is 1150. The van der Waals surface area contributed by atoms with Gasteiger partial charge in [-0.3, -0.25) is 9.59 Å². The maximum atomic E-state index is 13.4. The summed E-state index contributed by atoms with van der Waals surface area (Å²) in [5.41, 5.74) is 1.33. The number of carbonyl (C=O) groups excluding carboxylic acids is 1. The maximum Gasteiger partial charge on any atom is 0.290 e. The van der Waals surface area contributed by atoms with Crippen molar-refractivity contribution in [1.82, 2.24) is 4.90 Å². The van der Waals surface area contributed by atoms with E-state index in [0.29, 0.717) is 47.8 Å². The first kappa shape index (κ1) is 21.1. The van der Waals surface area contributed by atoms with Crippen molar-refractivity contribution in [2.24, 2.45) is 5.92 Å². The molecule has 1 N–H and O–H groups in total. The van der Waals surface area contributed by atoms with Gasteiger partial charge in [0.1, 0.15) is 11.3 Å². The average Bonchev–Trinajstić information content (AvgIpc) is 3.04. The second-order valence-corrected chi connectivity index (χ2v) is 8.25. The molecule has 3 aromatic rings. The van der Waals surface area contributed by atoms with Crippen molar-refractivity contribution in [1.29, 1.82) is 0 Å². The Balaban J connectivity index is 1.79. The number of carbonyl (C=O) groups is 1. The highest BCUT2D eigenvalue weighted by atomic mass is 16.5. The summed E-state index contributed by atoms with van der Waals surface area (Å²) in [6.07, 6.45) is 1.35. The molecule has 2 aromatic carbocycles. The van der Waals surface area contributed by atoms with Gasteiger partial charge in [-0.25, -0.2) is 0 Å². The van der Waals surface area contributed by atoms with Crippen LogP contribution < -0.4 is 10.2 Å². The van der Waals surface area contributed by atoms with Gasteiger partial charge in [-0.05, 0) is 48.6 Å². The molecule has 0 saturated carbocycles. The van der Waals surface area contributed by atoms with Gasteiger partial charge < -0.3 is 19.2 Å². The molecule has 1 aliphatic rings. The molecule has 0 aliphatic carbocycles. The van der Waals surface area contributed by atoms with E-state index in [2.05, 4.69) is 13.8 Å². The lowest BCUT2D eigenvalue weighted by atomic mass is 9.98. The molecule has 1 aromatic heterocycles. The fourth-order valence-corrected chi connectivity index (χ4v) is 3.97. The van der Waals surface area contributed by atoms with Crippen LogP contribution in [0.4, 0.5) is 0 Å². The summed E-state index contributed by atoms with van der Waals surface area (Å²) in [5, 5.41) is 9.79. The van der Waals surface area contributed by atoms with Crippen LogP contribution in [-0.2, 0) is 0 Å².